The number of halogens is 2. The number of hydrogen-bond acceptors (Lipinski definition) is 6. The fourth-order valence-corrected chi connectivity index (χ4v) is 4.03. The number of anilines is 2. The summed E-state index contributed by atoms with van der Waals surface area (Å²) in [7, 11) is 1.42. The molecule has 0 saturated heterocycles. The molecule has 0 aliphatic carbocycles. The Balaban J connectivity index is 1.58. The van der Waals surface area contributed by atoms with Crippen molar-refractivity contribution >= 4 is 52.5 Å². The first-order valence-electron chi connectivity index (χ1n) is 10.7. The van der Waals surface area contributed by atoms with Crippen molar-refractivity contribution in [1.82, 2.24) is 25.5 Å². The van der Waals surface area contributed by atoms with E-state index in [1.54, 1.807) is 60.7 Å². The highest BCUT2D eigenvalue weighted by Crippen LogP contribution is 2.31. The van der Waals surface area contributed by atoms with E-state index in [2.05, 4.69) is 31.3 Å². The van der Waals surface area contributed by atoms with Crippen LogP contribution in [0.4, 0.5) is 16.2 Å². The van der Waals surface area contributed by atoms with E-state index in [4.69, 9.17) is 28.3 Å². The van der Waals surface area contributed by atoms with E-state index in [1.807, 2.05) is 0 Å². The van der Waals surface area contributed by atoms with Crippen molar-refractivity contribution in [2.45, 2.75) is 0 Å². The van der Waals surface area contributed by atoms with Gasteiger partial charge in [0.25, 0.3) is 5.91 Å². The van der Waals surface area contributed by atoms with E-state index in [-0.39, 0.29) is 5.82 Å². The quantitative estimate of drug-likeness (QED) is 0.266. The molecule has 1 aromatic heterocycles. The Morgan fingerprint density at radius 1 is 0.946 bits per heavy atom. The van der Waals surface area contributed by atoms with E-state index in [0.29, 0.717) is 32.5 Å². The minimum atomic E-state index is -1.10. The van der Waals surface area contributed by atoms with E-state index in [1.165, 1.54) is 7.05 Å². The van der Waals surface area contributed by atoms with Crippen LogP contribution in [0, 0.1) is 0 Å². The van der Waals surface area contributed by atoms with E-state index in [9.17, 15) is 14.4 Å². The van der Waals surface area contributed by atoms with Crippen molar-refractivity contribution in [3.05, 3.63) is 76.3 Å². The summed E-state index contributed by atoms with van der Waals surface area (Å²) in [4.78, 5) is 37.1. The van der Waals surface area contributed by atoms with Gasteiger partial charge in [0.05, 0.1) is 5.69 Å². The van der Waals surface area contributed by atoms with Crippen molar-refractivity contribution in [3.63, 3.8) is 0 Å². The lowest BCUT2D eigenvalue weighted by Gasteiger charge is -2.15. The molecule has 3 amide bonds. The van der Waals surface area contributed by atoms with Crippen LogP contribution in [0.2, 0.25) is 10.0 Å². The molecule has 4 aromatic rings. The number of H-pyrrole nitrogens is 1. The van der Waals surface area contributed by atoms with Gasteiger partial charge < -0.3 is 20.6 Å². The van der Waals surface area contributed by atoms with Crippen LogP contribution in [0.5, 0.6) is 0 Å². The number of carboxylic acids is 1. The molecule has 188 valence electrons. The monoisotopic (exact) mass is 539 g/mol. The molecule has 11 nitrogen and oxygen atoms in total. The molecule has 4 N–H and O–H groups in total. The molecule has 0 bridgehead atoms. The lowest BCUT2D eigenvalue weighted by Crippen LogP contribution is -2.31. The van der Waals surface area contributed by atoms with Crippen LogP contribution < -0.4 is 10.6 Å². The predicted octanol–water partition coefficient (Wildman–Crippen LogP) is 4.64. The summed E-state index contributed by atoms with van der Waals surface area (Å²) >= 11 is 12.0. The molecule has 0 atom stereocenters. The number of carboxylic acid groups (broad SMARTS) is 1. The van der Waals surface area contributed by atoms with Crippen molar-refractivity contribution in [1.29, 1.82) is 0 Å². The number of likely N-dealkylation sites (N-methyl/N-ethyl adjacent to an activating group) is 1. The largest absolute Gasteiger partial charge is 0.480 e. The average molecular weight is 540 g/mol. The minimum absolute atomic E-state index is 0.255. The maximum absolute atomic E-state index is 12.7. The summed E-state index contributed by atoms with van der Waals surface area (Å²) < 4.78 is 0. The lowest BCUT2D eigenvalue weighted by atomic mass is 10.00. The number of hydrogen-bond donors (Lipinski definition) is 4. The third-order valence-electron chi connectivity index (χ3n) is 5.16. The van der Waals surface area contributed by atoms with Crippen LogP contribution in [0.1, 0.15) is 10.4 Å². The van der Waals surface area contributed by atoms with Gasteiger partial charge in [-0.2, -0.15) is 5.21 Å². The number of amides is 3. The maximum Gasteiger partial charge on any atom is 0.323 e. The number of nitrogens with zero attached hydrogens (tertiary/aromatic N) is 4. The van der Waals surface area contributed by atoms with Crippen LogP contribution in [-0.2, 0) is 4.79 Å². The first kappa shape index (κ1) is 25.6. The molecule has 0 spiro atoms. The minimum Gasteiger partial charge on any atom is -0.480 e. The topological polar surface area (TPSA) is 153 Å². The Morgan fingerprint density at radius 3 is 2.24 bits per heavy atom. The third kappa shape index (κ3) is 6.40. The van der Waals surface area contributed by atoms with Gasteiger partial charge in [-0.3, -0.25) is 9.59 Å². The Hall–Kier alpha value is -4.48. The molecule has 0 radical (unpaired) electrons. The average Bonchev–Trinajstić information content (AvgIpc) is 3.37. The number of aliphatic carboxylic acids is 1. The van der Waals surface area contributed by atoms with Gasteiger partial charge >= 0.3 is 12.0 Å². The molecule has 0 saturated carbocycles. The van der Waals surface area contributed by atoms with Crippen molar-refractivity contribution in [2.24, 2.45) is 0 Å². The number of benzene rings is 3. The van der Waals surface area contributed by atoms with Crippen LogP contribution in [0.3, 0.4) is 0 Å². The normalized spacial score (nSPS) is 10.6. The second-order valence-corrected chi connectivity index (χ2v) is 8.74. The van der Waals surface area contributed by atoms with Crippen molar-refractivity contribution < 1.29 is 19.5 Å². The van der Waals surface area contributed by atoms with Gasteiger partial charge in [0, 0.05) is 33.9 Å². The second-order valence-electron chi connectivity index (χ2n) is 7.87. The molecule has 0 fully saturated rings. The zero-order chi connectivity index (χ0) is 26.5. The van der Waals surface area contributed by atoms with Gasteiger partial charge in [-0.05, 0) is 58.8 Å². The molecule has 13 heteroatoms. The Kier molecular flexibility index (Phi) is 7.66. The fraction of sp³-hybridized carbons (Fsp3) is 0.0833. The number of carbonyl (C=O) groups excluding carboxylic acids is 2. The highest BCUT2D eigenvalue weighted by atomic mass is 35.5. The number of carbonyl (C=O) groups is 3. The summed E-state index contributed by atoms with van der Waals surface area (Å²) in [6, 6.07) is 16.1. The van der Waals surface area contributed by atoms with Crippen LogP contribution >= 0.6 is 23.2 Å². The molecule has 0 aliphatic heterocycles. The van der Waals surface area contributed by atoms with Crippen molar-refractivity contribution in [3.8, 4) is 22.5 Å². The molecule has 4 rings (SSSR count). The van der Waals surface area contributed by atoms with Crippen LogP contribution in [0.25, 0.3) is 22.5 Å². The zero-order valence-electron chi connectivity index (χ0n) is 19.2. The van der Waals surface area contributed by atoms with E-state index >= 15 is 0 Å². The molecule has 3 aromatic carbocycles. The Morgan fingerprint density at radius 2 is 1.62 bits per heavy atom. The molecular weight excluding hydrogens is 521 g/mol. The number of aromatic nitrogens is 4. The van der Waals surface area contributed by atoms with Gasteiger partial charge in [0.1, 0.15) is 6.54 Å². The summed E-state index contributed by atoms with van der Waals surface area (Å²) in [5, 5.41) is 29.1. The van der Waals surface area contributed by atoms with Gasteiger partial charge in [-0.25, -0.2) is 4.79 Å². The summed E-state index contributed by atoms with van der Waals surface area (Å²) in [6.45, 7) is -0.402. The maximum atomic E-state index is 12.7. The second kappa shape index (κ2) is 11.1. The summed E-state index contributed by atoms with van der Waals surface area (Å²) in [6.07, 6.45) is 0. The fourth-order valence-electron chi connectivity index (χ4n) is 3.50. The predicted molar refractivity (Wildman–Crippen MR) is 139 cm³/mol. The molecule has 37 heavy (non-hydrogen) atoms. The zero-order valence-corrected chi connectivity index (χ0v) is 20.7. The highest BCUT2D eigenvalue weighted by molar-refractivity contribution is 6.35. The first-order chi connectivity index (χ1) is 17.7. The number of urea groups is 1. The first-order valence-corrected chi connectivity index (χ1v) is 11.4. The third-order valence-corrected chi connectivity index (χ3v) is 5.60. The van der Waals surface area contributed by atoms with Crippen LogP contribution in [-0.4, -0.2) is 62.1 Å². The smallest absolute Gasteiger partial charge is 0.323 e. The SMILES string of the molecule is CN(CC(=O)O)C(=O)c1ccc(-c2ccc(NC(=O)Nc3cc(Cl)cc(Cl)c3)c(-c3nn[nH]n3)c2)cc1. The van der Waals surface area contributed by atoms with Gasteiger partial charge in [0.15, 0.2) is 0 Å². The Labute approximate surface area is 220 Å². The molecule has 0 aliphatic rings. The number of rotatable bonds is 7. The van der Waals surface area contributed by atoms with Crippen molar-refractivity contribution in [2.75, 3.05) is 24.2 Å². The standard InChI is InChI=1S/C24H19Cl2N7O4/c1-33(12-21(34)35)23(36)14-4-2-13(3-5-14)15-6-7-20(19(8-15)22-29-31-32-30-22)28-24(37)27-18-10-16(25)9-17(26)11-18/h2-11H,12H2,1H3,(H,34,35)(H2,27,28,37)(H,29,30,31,32). The lowest BCUT2D eigenvalue weighted by molar-refractivity contribution is -0.137. The highest BCUT2D eigenvalue weighted by Gasteiger charge is 2.16. The summed E-state index contributed by atoms with van der Waals surface area (Å²) in [5.74, 6) is -1.25. The van der Waals surface area contributed by atoms with Gasteiger partial charge in [0.2, 0.25) is 5.82 Å². The number of tetrazole rings is 1. The summed E-state index contributed by atoms with van der Waals surface area (Å²) in [5.41, 5.74) is 3.19. The van der Waals surface area contributed by atoms with E-state index in [0.717, 1.165) is 16.0 Å². The number of nitrogens with one attached hydrogen (secondary N) is 3. The van der Waals surface area contributed by atoms with Crippen LogP contribution in [0.15, 0.2) is 60.7 Å². The Bertz CT molecular complexity index is 1440. The molecule has 0 unspecified atom stereocenters. The van der Waals surface area contributed by atoms with Gasteiger partial charge in [-0.1, -0.05) is 41.4 Å². The van der Waals surface area contributed by atoms with E-state index < -0.39 is 24.5 Å². The van der Waals surface area contributed by atoms with Gasteiger partial charge in [-0.15, -0.1) is 10.2 Å². The number of aromatic amines is 1. The molecule has 1 heterocycles. The molecular formula is C24H19Cl2N7O4.